The molecule has 0 aliphatic heterocycles. The highest BCUT2D eigenvalue weighted by molar-refractivity contribution is 7.77. The highest BCUT2D eigenvalue weighted by Crippen LogP contribution is 1.03. The summed E-state index contributed by atoms with van der Waals surface area (Å²) in [7, 11) is 0. The zero-order chi connectivity index (χ0) is 4.00. The first-order valence-electron chi connectivity index (χ1n) is 0.408. The second-order valence-electron chi connectivity index (χ2n) is 0. The first kappa shape index (κ1) is 19.0. The average Bonchev–Trinajstić information content (AvgIpc) is 1.50. The van der Waals surface area contributed by atoms with Crippen LogP contribution in [0.4, 0.5) is 0 Å². The molecule has 0 aliphatic carbocycles. The van der Waals surface area contributed by atoms with E-state index in [2.05, 4.69) is 24.4 Å². The molecule has 2 heteroatoms. The van der Waals surface area contributed by atoms with Crippen LogP contribution in [0.5, 0.6) is 0 Å². The SMILES string of the molecule is [C].[C]=S.[C]=S. The van der Waals surface area contributed by atoms with Gasteiger partial charge >= 0.3 is 0 Å². The zero-order valence-electron chi connectivity index (χ0n) is 2.32. The fraction of sp³-hybridized carbons (Fsp3) is 0. The van der Waals surface area contributed by atoms with Crippen LogP contribution < -0.4 is 0 Å². The summed E-state index contributed by atoms with van der Waals surface area (Å²) in [6, 6.07) is 0. The Labute approximate surface area is 44.2 Å². The predicted molar refractivity (Wildman–Crippen MR) is 28.4 cm³/mol. The highest BCUT2D eigenvalue weighted by Gasteiger charge is 0.713. The van der Waals surface area contributed by atoms with Gasteiger partial charge in [-0.05, 0) is 0 Å². The van der Waals surface area contributed by atoms with E-state index in [1.807, 2.05) is 0 Å². The van der Waals surface area contributed by atoms with Gasteiger partial charge in [0.1, 0.15) is 0 Å². The van der Waals surface area contributed by atoms with Crippen LogP contribution in [-0.2, 0) is 0 Å². The lowest BCUT2D eigenvalue weighted by molar-refractivity contribution is 3.24. The highest BCUT2D eigenvalue weighted by atomic mass is 32.1. The third kappa shape index (κ3) is 613. The minimum atomic E-state index is 0. The molecule has 0 nitrogen and oxygen atoms in total. The molecule has 0 N–H and O–H groups in total. The summed E-state index contributed by atoms with van der Waals surface area (Å²) < 4.78 is 0. The molecular formula is C3S2. The number of hydrogen-bond donors (Lipinski definition) is 0. The predicted octanol–water partition coefficient (Wildman–Crippen LogP) is 0.821. The van der Waals surface area contributed by atoms with Gasteiger partial charge in [0.15, 0.2) is 0 Å². The van der Waals surface area contributed by atoms with E-state index in [1.165, 1.54) is 0 Å². The Morgan fingerprint density at radius 1 is 0.800 bits per heavy atom. The lowest BCUT2D eigenvalue weighted by Crippen LogP contribution is -0.661. The van der Waals surface area contributed by atoms with Gasteiger partial charge in [0.05, 0.1) is 11.7 Å². The van der Waals surface area contributed by atoms with Crippen LogP contribution in [0.25, 0.3) is 0 Å². The van der Waals surface area contributed by atoms with Crippen molar-refractivity contribution in [1.29, 1.82) is 0 Å². The smallest absolute Gasteiger partial charge is 0.0768 e. The number of rotatable bonds is 0. The zero-order valence-corrected chi connectivity index (χ0v) is 3.95. The first-order valence-corrected chi connectivity index (χ1v) is 1.22. The van der Waals surface area contributed by atoms with Crippen molar-refractivity contribution in [2.24, 2.45) is 0 Å². The van der Waals surface area contributed by atoms with E-state index in [0.29, 0.717) is 0 Å². The molecule has 24 valence electrons. The van der Waals surface area contributed by atoms with Gasteiger partial charge in [-0.2, -0.15) is 0 Å². The van der Waals surface area contributed by atoms with Gasteiger partial charge in [-0.25, -0.2) is 0 Å². The van der Waals surface area contributed by atoms with Crippen LogP contribution in [0.2, 0.25) is 0 Å². The molecule has 0 aliphatic rings. The molecule has 0 fully saturated rings. The summed E-state index contributed by atoms with van der Waals surface area (Å²) >= 11 is 6.67. The Bertz CT molecular complexity index is 6.85. The summed E-state index contributed by atoms with van der Waals surface area (Å²) in [5, 5.41) is 0. The fourth-order valence-corrected chi connectivity index (χ4v) is 0. The van der Waals surface area contributed by atoms with Crippen LogP contribution in [0.15, 0.2) is 0 Å². The van der Waals surface area contributed by atoms with E-state index in [9.17, 15) is 0 Å². The molecular weight excluding hydrogens is 100 g/mol. The van der Waals surface area contributed by atoms with Crippen molar-refractivity contribution in [3.8, 4) is 0 Å². The maximum atomic E-state index is 5.33. The molecule has 0 aromatic rings. The molecule has 0 saturated carbocycles. The van der Waals surface area contributed by atoms with Crippen LogP contribution in [0.1, 0.15) is 0 Å². The summed E-state index contributed by atoms with van der Waals surface area (Å²) in [4.78, 5) is 0. The molecule has 0 spiro atoms. The fourth-order valence-electron chi connectivity index (χ4n) is 0. The summed E-state index contributed by atoms with van der Waals surface area (Å²) in [5.41, 5.74) is 0. The third-order valence-electron chi connectivity index (χ3n) is 0. The minimum absolute atomic E-state index is 0. The number of hydrogen-bond acceptors (Lipinski definition) is 2. The summed E-state index contributed by atoms with van der Waals surface area (Å²) in [6.07, 6.45) is 0. The Balaban J connectivity index is -0.0000000133. The van der Waals surface area contributed by atoms with E-state index >= 15 is 0 Å². The van der Waals surface area contributed by atoms with Crippen molar-refractivity contribution in [2.45, 2.75) is 0 Å². The largest absolute Gasteiger partial charge is 0.0768 e. The molecule has 8 radical (unpaired) electrons. The molecule has 0 bridgehead atoms. The van der Waals surface area contributed by atoms with Gasteiger partial charge in [0.2, 0.25) is 0 Å². The van der Waals surface area contributed by atoms with Crippen molar-refractivity contribution in [2.75, 3.05) is 0 Å². The molecule has 0 unspecified atom stereocenters. The molecule has 0 heterocycles. The Kier molecular flexibility index (Phi) is 4970. The standard InChI is InChI=1S/2CS.C/c2*1-2;. The monoisotopic (exact) mass is 99.9 g/mol. The molecule has 0 amide bonds. The molecule has 0 aromatic heterocycles. The van der Waals surface area contributed by atoms with Crippen LogP contribution in [-0.4, -0.2) is 11.7 Å². The molecule has 0 rings (SSSR count). The van der Waals surface area contributed by atoms with Gasteiger partial charge in [0.25, 0.3) is 0 Å². The Hall–Kier alpha value is 0.180. The molecule has 0 atom stereocenters. The quantitative estimate of drug-likeness (QED) is 0.413. The van der Waals surface area contributed by atoms with Crippen molar-refractivity contribution in [1.82, 2.24) is 0 Å². The van der Waals surface area contributed by atoms with E-state index in [1.54, 1.807) is 0 Å². The lowest BCUT2D eigenvalue weighted by atomic mass is 12.0. The summed E-state index contributed by atoms with van der Waals surface area (Å²) in [5.74, 6) is 10.7. The first-order chi connectivity index (χ1) is 2.00. The third-order valence-corrected chi connectivity index (χ3v) is 0. The second kappa shape index (κ2) is 1300. The molecule has 0 aromatic carbocycles. The van der Waals surface area contributed by atoms with Crippen molar-refractivity contribution < 1.29 is 0 Å². The average molecular weight is 100 g/mol. The van der Waals surface area contributed by atoms with E-state index in [-0.39, 0.29) is 7.43 Å². The Morgan fingerprint density at radius 2 is 0.800 bits per heavy atom. The summed E-state index contributed by atoms with van der Waals surface area (Å²) in [6.45, 7) is 0. The topological polar surface area (TPSA) is 0 Å². The maximum absolute atomic E-state index is 5.33. The Morgan fingerprint density at radius 3 is 0.800 bits per heavy atom. The van der Waals surface area contributed by atoms with Crippen molar-refractivity contribution in [3.05, 3.63) is 7.43 Å². The van der Waals surface area contributed by atoms with E-state index in [4.69, 9.17) is 11.7 Å². The van der Waals surface area contributed by atoms with Gasteiger partial charge in [-0.1, -0.05) is 24.4 Å². The van der Waals surface area contributed by atoms with Gasteiger partial charge in [-0.15, -0.1) is 0 Å². The van der Waals surface area contributed by atoms with Crippen molar-refractivity contribution in [3.63, 3.8) is 0 Å². The normalized spacial score (nSPS) is 1.60. The maximum Gasteiger partial charge on any atom is 0.0768 e. The van der Waals surface area contributed by atoms with Crippen LogP contribution in [0.3, 0.4) is 0 Å². The van der Waals surface area contributed by atoms with Gasteiger partial charge in [0, 0.05) is 7.43 Å². The van der Waals surface area contributed by atoms with Crippen LogP contribution >= 0.6 is 24.4 Å². The van der Waals surface area contributed by atoms with Gasteiger partial charge < -0.3 is 0 Å². The second-order valence-corrected chi connectivity index (χ2v) is 0. The van der Waals surface area contributed by atoms with E-state index < -0.39 is 0 Å². The lowest BCUT2D eigenvalue weighted by Gasteiger charge is -0.711. The number of thiocarbonyl (C=S) groups is 2. The molecule has 0 saturated heterocycles. The van der Waals surface area contributed by atoms with Crippen molar-refractivity contribution >= 4 is 36.2 Å². The van der Waals surface area contributed by atoms with E-state index in [0.717, 1.165) is 0 Å². The minimum Gasteiger partial charge on any atom is -0.0768 e. The van der Waals surface area contributed by atoms with Crippen LogP contribution in [0, 0.1) is 7.43 Å². The van der Waals surface area contributed by atoms with Gasteiger partial charge in [-0.3, -0.25) is 0 Å². The molecule has 5 heavy (non-hydrogen) atoms.